The first-order valence-corrected chi connectivity index (χ1v) is 9.70. The molecule has 0 radical (unpaired) electrons. The first kappa shape index (κ1) is 19.4. The Morgan fingerprint density at radius 1 is 1.20 bits per heavy atom. The number of para-hydroxylation sites is 1. The molecule has 2 aromatic carbocycles. The van der Waals surface area contributed by atoms with Crippen LogP contribution in [0, 0.1) is 0 Å². The van der Waals surface area contributed by atoms with Crippen molar-refractivity contribution in [3.63, 3.8) is 0 Å². The molecule has 1 aliphatic rings. The first-order valence-electron chi connectivity index (χ1n) is 9.70. The molecule has 0 saturated heterocycles. The lowest BCUT2D eigenvalue weighted by atomic mass is 9.92. The Kier molecular flexibility index (Phi) is 5.61. The molecule has 0 spiro atoms. The maximum Gasteiger partial charge on any atom is 0.338 e. The smallest absolute Gasteiger partial charge is 0.338 e. The second-order valence-electron chi connectivity index (χ2n) is 6.57. The van der Waals surface area contributed by atoms with Gasteiger partial charge in [-0.15, -0.1) is 0 Å². The van der Waals surface area contributed by atoms with Crippen LogP contribution in [-0.4, -0.2) is 33.9 Å². The predicted molar refractivity (Wildman–Crippen MR) is 114 cm³/mol. The van der Waals surface area contributed by atoms with Crippen LogP contribution in [0.2, 0.25) is 0 Å². The number of ether oxygens (including phenoxy) is 2. The Balaban J connectivity index is 1.95. The van der Waals surface area contributed by atoms with Gasteiger partial charge in [0.2, 0.25) is 5.95 Å². The number of benzene rings is 2. The number of hydrogen-bond donors (Lipinski definition) is 1. The summed E-state index contributed by atoms with van der Waals surface area (Å²) in [5, 5.41) is 7.64. The summed E-state index contributed by atoms with van der Waals surface area (Å²) in [6, 6.07) is 16.6. The molecule has 0 aliphatic carbocycles. The van der Waals surface area contributed by atoms with Crippen molar-refractivity contribution >= 4 is 17.6 Å². The van der Waals surface area contributed by atoms with E-state index in [1.807, 2.05) is 54.6 Å². The van der Waals surface area contributed by atoms with Crippen LogP contribution in [0.25, 0.3) is 5.70 Å². The van der Waals surface area contributed by atoms with E-state index in [1.54, 1.807) is 17.7 Å². The summed E-state index contributed by atoms with van der Waals surface area (Å²) in [4.78, 5) is 17.5. The predicted octanol–water partition coefficient (Wildman–Crippen LogP) is 3.83. The minimum absolute atomic E-state index is 0.260. The average Bonchev–Trinajstić information content (AvgIpc) is 3.26. The second kappa shape index (κ2) is 8.65. The van der Waals surface area contributed by atoms with Crippen LogP contribution >= 0.6 is 0 Å². The van der Waals surface area contributed by atoms with Gasteiger partial charge in [0.15, 0.2) is 0 Å². The average molecular weight is 402 g/mol. The third kappa shape index (κ3) is 3.57. The fourth-order valence-corrected chi connectivity index (χ4v) is 3.50. The molecule has 1 N–H and O–H groups in total. The quantitative estimate of drug-likeness (QED) is 0.478. The highest BCUT2D eigenvalue weighted by Gasteiger charge is 2.37. The number of fused-ring (bicyclic) bond motifs is 1. The lowest BCUT2D eigenvalue weighted by Crippen LogP contribution is -2.30. The van der Waals surface area contributed by atoms with Gasteiger partial charge in [-0.1, -0.05) is 61.2 Å². The summed E-state index contributed by atoms with van der Waals surface area (Å²) in [7, 11) is 0. The number of carbonyl (C=O) groups is 1. The van der Waals surface area contributed by atoms with Crippen molar-refractivity contribution in [1.82, 2.24) is 14.8 Å². The van der Waals surface area contributed by atoms with Crippen LogP contribution in [0.5, 0.6) is 5.75 Å². The van der Waals surface area contributed by atoms with Crippen LogP contribution in [0.15, 0.2) is 79.2 Å². The van der Waals surface area contributed by atoms with E-state index in [9.17, 15) is 4.79 Å². The summed E-state index contributed by atoms with van der Waals surface area (Å²) in [6.45, 7) is 6.11. The van der Waals surface area contributed by atoms with E-state index in [4.69, 9.17) is 9.47 Å². The highest BCUT2D eigenvalue weighted by molar-refractivity contribution is 6.02. The highest BCUT2D eigenvalue weighted by atomic mass is 16.5. The van der Waals surface area contributed by atoms with E-state index in [-0.39, 0.29) is 6.61 Å². The van der Waals surface area contributed by atoms with Crippen molar-refractivity contribution in [1.29, 1.82) is 0 Å². The van der Waals surface area contributed by atoms with E-state index in [1.165, 1.54) is 6.33 Å². The molecule has 0 saturated carbocycles. The van der Waals surface area contributed by atoms with Crippen molar-refractivity contribution in [2.24, 2.45) is 0 Å². The third-order valence-electron chi connectivity index (χ3n) is 4.73. The molecule has 2 heterocycles. The van der Waals surface area contributed by atoms with Crippen LogP contribution in [0.3, 0.4) is 0 Å². The number of anilines is 1. The molecule has 30 heavy (non-hydrogen) atoms. The van der Waals surface area contributed by atoms with Crippen molar-refractivity contribution in [2.75, 3.05) is 18.5 Å². The zero-order valence-corrected chi connectivity index (χ0v) is 16.6. The SMILES string of the molecule is C=CCOc1ccccc1[C@@H]1C(C(=O)OCC)=C(c2ccccc2)Nc2ncnn21. The van der Waals surface area contributed by atoms with Gasteiger partial charge in [0.1, 0.15) is 24.7 Å². The summed E-state index contributed by atoms with van der Waals surface area (Å²) in [6.07, 6.45) is 3.14. The van der Waals surface area contributed by atoms with Crippen LogP contribution in [0.1, 0.15) is 24.1 Å². The summed E-state index contributed by atoms with van der Waals surface area (Å²) in [5.74, 6) is 0.749. The van der Waals surface area contributed by atoms with Crippen molar-refractivity contribution in [3.8, 4) is 5.75 Å². The fourth-order valence-electron chi connectivity index (χ4n) is 3.50. The van der Waals surface area contributed by atoms with Gasteiger partial charge in [0.25, 0.3) is 0 Å². The summed E-state index contributed by atoms with van der Waals surface area (Å²) < 4.78 is 13.0. The van der Waals surface area contributed by atoms with Crippen molar-refractivity contribution in [2.45, 2.75) is 13.0 Å². The molecule has 0 amide bonds. The first-order chi connectivity index (χ1) is 14.7. The molecular weight excluding hydrogens is 380 g/mol. The van der Waals surface area contributed by atoms with Gasteiger partial charge < -0.3 is 14.8 Å². The maximum atomic E-state index is 13.2. The van der Waals surface area contributed by atoms with E-state index in [2.05, 4.69) is 22.0 Å². The van der Waals surface area contributed by atoms with Crippen molar-refractivity contribution in [3.05, 3.63) is 90.3 Å². The zero-order chi connectivity index (χ0) is 20.9. The maximum absolute atomic E-state index is 13.2. The number of carbonyl (C=O) groups excluding carboxylic acids is 1. The molecule has 7 nitrogen and oxygen atoms in total. The van der Waals surface area contributed by atoms with Crippen LogP contribution < -0.4 is 10.1 Å². The largest absolute Gasteiger partial charge is 0.489 e. The number of nitrogens with zero attached hydrogens (tertiary/aromatic N) is 3. The minimum atomic E-state index is -0.570. The Hall–Kier alpha value is -3.87. The van der Waals surface area contributed by atoms with E-state index < -0.39 is 12.0 Å². The topological polar surface area (TPSA) is 78.3 Å². The Morgan fingerprint density at radius 3 is 2.73 bits per heavy atom. The zero-order valence-electron chi connectivity index (χ0n) is 16.6. The number of esters is 1. The van der Waals surface area contributed by atoms with E-state index >= 15 is 0 Å². The number of hydrogen-bond acceptors (Lipinski definition) is 6. The molecule has 7 heteroatoms. The van der Waals surface area contributed by atoms with Gasteiger partial charge >= 0.3 is 5.97 Å². The standard InChI is InChI=1S/C23H22N4O3/c1-3-14-30-18-13-9-8-12-17(18)21-19(22(28)29-4-2)20(16-10-6-5-7-11-16)26-23-24-15-25-27(21)23/h3,5-13,15,21H,1,4,14H2,2H3,(H,24,25,26)/t21-/m1/s1. The number of nitrogens with one attached hydrogen (secondary N) is 1. The van der Waals surface area contributed by atoms with Crippen LogP contribution in [0.4, 0.5) is 5.95 Å². The number of aromatic nitrogens is 3. The third-order valence-corrected chi connectivity index (χ3v) is 4.73. The van der Waals surface area contributed by atoms with Gasteiger partial charge in [-0.05, 0) is 18.6 Å². The molecule has 1 aromatic heterocycles. The van der Waals surface area contributed by atoms with Crippen molar-refractivity contribution < 1.29 is 14.3 Å². The van der Waals surface area contributed by atoms with Gasteiger partial charge in [0, 0.05) is 5.56 Å². The monoisotopic (exact) mass is 402 g/mol. The molecule has 0 bridgehead atoms. The van der Waals surface area contributed by atoms with Gasteiger partial charge in [-0.25, -0.2) is 9.48 Å². The summed E-state index contributed by atoms with van der Waals surface area (Å²) in [5.41, 5.74) is 2.71. The van der Waals surface area contributed by atoms with Gasteiger partial charge in [-0.3, -0.25) is 0 Å². The lowest BCUT2D eigenvalue weighted by molar-refractivity contribution is -0.138. The Bertz CT molecular complexity index is 1090. The normalized spacial score (nSPS) is 15.2. The molecule has 4 rings (SSSR count). The van der Waals surface area contributed by atoms with E-state index in [0.717, 1.165) is 11.1 Å². The molecule has 0 unspecified atom stereocenters. The second-order valence-corrected chi connectivity index (χ2v) is 6.57. The van der Waals surface area contributed by atoms with Crippen LogP contribution in [-0.2, 0) is 9.53 Å². The van der Waals surface area contributed by atoms with Gasteiger partial charge in [-0.2, -0.15) is 10.1 Å². The fraction of sp³-hybridized carbons (Fsp3) is 0.174. The lowest BCUT2D eigenvalue weighted by Gasteiger charge is -2.30. The Morgan fingerprint density at radius 2 is 1.97 bits per heavy atom. The molecule has 1 aliphatic heterocycles. The molecule has 3 aromatic rings. The van der Waals surface area contributed by atoms with E-state index in [0.29, 0.717) is 29.6 Å². The molecule has 152 valence electrons. The minimum Gasteiger partial charge on any atom is -0.489 e. The Labute approximate surface area is 174 Å². The molecule has 1 atom stereocenters. The number of rotatable bonds is 7. The summed E-state index contributed by atoms with van der Waals surface area (Å²) >= 11 is 0. The highest BCUT2D eigenvalue weighted by Crippen LogP contribution is 2.41. The van der Waals surface area contributed by atoms with Gasteiger partial charge in [0.05, 0.1) is 17.9 Å². The molecular formula is C23H22N4O3. The molecule has 0 fully saturated rings.